The molecule has 2 aromatic carbocycles. The first-order chi connectivity index (χ1) is 16.1. The van der Waals surface area contributed by atoms with Gasteiger partial charge in [-0.15, -0.1) is 0 Å². The van der Waals surface area contributed by atoms with Crippen molar-refractivity contribution in [3.8, 4) is 11.5 Å². The summed E-state index contributed by atoms with van der Waals surface area (Å²) in [5.41, 5.74) is 1.32. The van der Waals surface area contributed by atoms with E-state index < -0.39 is 0 Å². The number of carbonyl (C=O) groups excluding carboxylic acids is 1. The highest BCUT2D eigenvalue weighted by molar-refractivity contribution is 7.99. The average molecular weight is 470 g/mol. The first-order valence-corrected chi connectivity index (χ1v) is 11.8. The maximum atomic E-state index is 13.2. The van der Waals surface area contributed by atoms with Gasteiger partial charge >= 0.3 is 0 Å². The van der Waals surface area contributed by atoms with Gasteiger partial charge in [0.15, 0.2) is 16.7 Å². The molecule has 0 aliphatic carbocycles. The van der Waals surface area contributed by atoms with E-state index in [-0.39, 0.29) is 23.3 Å². The molecule has 4 rings (SSSR count). The van der Waals surface area contributed by atoms with Gasteiger partial charge in [-0.05, 0) is 31.0 Å². The van der Waals surface area contributed by atoms with Crippen LogP contribution in [0.1, 0.15) is 18.4 Å². The summed E-state index contributed by atoms with van der Waals surface area (Å²) in [5.74, 6) is 1.16. The number of thioether (sulfide) groups is 1. The highest BCUT2D eigenvalue weighted by Crippen LogP contribution is 2.30. The number of benzene rings is 2. The van der Waals surface area contributed by atoms with Crippen LogP contribution < -0.4 is 20.3 Å². The maximum absolute atomic E-state index is 13.2. The molecule has 33 heavy (non-hydrogen) atoms. The van der Waals surface area contributed by atoms with E-state index >= 15 is 0 Å². The Morgan fingerprint density at radius 1 is 1.21 bits per heavy atom. The van der Waals surface area contributed by atoms with Gasteiger partial charge in [0.05, 0.1) is 43.5 Å². The lowest BCUT2D eigenvalue weighted by Crippen LogP contribution is -2.30. The molecule has 1 atom stereocenters. The molecule has 1 aliphatic rings. The van der Waals surface area contributed by atoms with Crippen LogP contribution in [0.2, 0.25) is 0 Å². The Balaban J connectivity index is 1.48. The van der Waals surface area contributed by atoms with Crippen LogP contribution >= 0.6 is 11.8 Å². The van der Waals surface area contributed by atoms with E-state index in [2.05, 4.69) is 10.3 Å². The molecule has 8 nitrogen and oxygen atoms in total. The summed E-state index contributed by atoms with van der Waals surface area (Å²) in [6.07, 6.45) is 1.88. The van der Waals surface area contributed by atoms with Gasteiger partial charge in [-0.2, -0.15) is 0 Å². The topological polar surface area (TPSA) is 91.7 Å². The monoisotopic (exact) mass is 469 g/mol. The van der Waals surface area contributed by atoms with E-state index in [1.807, 2.05) is 30.3 Å². The third-order valence-corrected chi connectivity index (χ3v) is 6.51. The number of hydrogen-bond donors (Lipinski definition) is 1. The second kappa shape index (κ2) is 10.7. The number of nitrogens with zero attached hydrogens (tertiary/aromatic N) is 2. The van der Waals surface area contributed by atoms with Crippen molar-refractivity contribution in [2.24, 2.45) is 0 Å². The Hall–Kier alpha value is -3.04. The number of hydrogen-bond acceptors (Lipinski definition) is 7. The van der Waals surface area contributed by atoms with E-state index in [0.29, 0.717) is 47.3 Å². The van der Waals surface area contributed by atoms with Crippen LogP contribution in [0.5, 0.6) is 11.5 Å². The third kappa shape index (κ3) is 5.31. The lowest BCUT2D eigenvalue weighted by molar-refractivity contribution is -0.118. The van der Waals surface area contributed by atoms with Crippen LogP contribution in [-0.4, -0.2) is 48.1 Å². The van der Waals surface area contributed by atoms with Crippen molar-refractivity contribution in [2.75, 3.05) is 26.6 Å². The summed E-state index contributed by atoms with van der Waals surface area (Å²) in [5, 5.41) is 3.99. The predicted molar refractivity (Wildman–Crippen MR) is 127 cm³/mol. The Kier molecular flexibility index (Phi) is 7.51. The molecule has 0 bridgehead atoms. The summed E-state index contributed by atoms with van der Waals surface area (Å²) in [6.45, 7) is 1.44. The number of fused-ring (bicyclic) bond motifs is 1. The molecule has 1 aromatic heterocycles. The lowest BCUT2D eigenvalue weighted by atomic mass is 10.2. The smallest absolute Gasteiger partial charge is 0.262 e. The second-order valence-corrected chi connectivity index (χ2v) is 8.62. The number of carbonyl (C=O) groups is 1. The van der Waals surface area contributed by atoms with Crippen molar-refractivity contribution in [3.05, 3.63) is 58.4 Å². The molecule has 1 saturated heterocycles. The molecule has 1 amide bonds. The SMILES string of the molecule is COc1cccc(CNC(=O)CSc2nc3ccccc3c(=O)n2CC2CCCO2)c1OC. The molecule has 0 saturated carbocycles. The van der Waals surface area contributed by atoms with Crippen molar-refractivity contribution in [1.82, 2.24) is 14.9 Å². The van der Waals surface area contributed by atoms with Crippen LogP contribution in [0.4, 0.5) is 0 Å². The van der Waals surface area contributed by atoms with Crippen LogP contribution in [0.3, 0.4) is 0 Å². The largest absolute Gasteiger partial charge is 0.493 e. The fourth-order valence-corrected chi connectivity index (χ4v) is 4.72. The highest BCUT2D eigenvalue weighted by atomic mass is 32.2. The fraction of sp³-hybridized carbons (Fsp3) is 0.375. The lowest BCUT2D eigenvalue weighted by Gasteiger charge is -2.16. The van der Waals surface area contributed by atoms with Gasteiger partial charge in [-0.3, -0.25) is 14.2 Å². The van der Waals surface area contributed by atoms with Gasteiger partial charge in [0.25, 0.3) is 5.56 Å². The Labute approximate surface area is 196 Å². The van der Waals surface area contributed by atoms with Gasteiger partial charge in [0.2, 0.25) is 5.91 Å². The fourth-order valence-electron chi connectivity index (χ4n) is 3.88. The standard InChI is InChI=1S/C24H27N3O5S/c1-30-20-11-5-7-16(22(20)31-2)13-25-21(28)15-33-24-26-19-10-4-3-9-18(19)23(29)27(24)14-17-8-6-12-32-17/h3-5,7,9-11,17H,6,8,12-15H2,1-2H3,(H,25,28). The quantitative estimate of drug-likeness (QED) is 0.380. The van der Waals surface area contributed by atoms with Gasteiger partial charge < -0.3 is 19.5 Å². The van der Waals surface area contributed by atoms with Crippen molar-refractivity contribution in [3.63, 3.8) is 0 Å². The number of ether oxygens (including phenoxy) is 3. The highest BCUT2D eigenvalue weighted by Gasteiger charge is 2.21. The van der Waals surface area contributed by atoms with Crippen molar-refractivity contribution in [2.45, 2.75) is 37.2 Å². The van der Waals surface area contributed by atoms with Crippen LogP contribution in [0.15, 0.2) is 52.4 Å². The molecule has 9 heteroatoms. The number of nitrogens with one attached hydrogen (secondary N) is 1. The molecule has 0 radical (unpaired) electrons. The normalized spacial score (nSPS) is 15.5. The molecule has 1 fully saturated rings. The number of methoxy groups -OCH3 is 2. The summed E-state index contributed by atoms with van der Waals surface area (Å²) >= 11 is 1.25. The minimum Gasteiger partial charge on any atom is -0.493 e. The van der Waals surface area contributed by atoms with E-state index in [0.717, 1.165) is 18.4 Å². The van der Waals surface area contributed by atoms with Crippen molar-refractivity contribution in [1.29, 1.82) is 0 Å². The molecule has 174 valence electrons. The van der Waals surface area contributed by atoms with Crippen LogP contribution in [-0.2, 0) is 22.6 Å². The average Bonchev–Trinajstić information content (AvgIpc) is 3.36. The number of rotatable bonds is 9. The maximum Gasteiger partial charge on any atom is 0.262 e. The second-order valence-electron chi connectivity index (χ2n) is 7.68. The third-order valence-electron chi connectivity index (χ3n) is 5.53. The predicted octanol–water partition coefficient (Wildman–Crippen LogP) is 3.00. The number of amides is 1. The van der Waals surface area contributed by atoms with Gasteiger partial charge in [-0.1, -0.05) is 36.0 Å². The molecular formula is C24H27N3O5S. The molecule has 0 spiro atoms. The minimum atomic E-state index is -0.170. The first-order valence-electron chi connectivity index (χ1n) is 10.8. The first kappa shape index (κ1) is 23.1. The van der Waals surface area contributed by atoms with Crippen molar-refractivity contribution < 1.29 is 19.0 Å². The van der Waals surface area contributed by atoms with Gasteiger partial charge in [0.1, 0.15) is 0 Å². The van der Waals surface area contributed by atoms with E-state index in [1.165, 1.54) is 11.8 Å². The molecule has 1 aliphatic heterocycles. The molecule has 3 aromatic rings. The van der Waals surface area contributed by atoms with Crippen molar-refractivity contribution >= 4 is 28.6 Å². The summed E-state index contributed by atoms with van der Waals surface area (Å²) in [7, 11) is 3.14. The summed E-state index contributed by atoms with van der Waals surface area (Å²) < 4.78 is 18.1. The van der Waals surface area contributed by atoms with Crippen LogP contribution in [0.25, 0.3) is 10.9 Å². The van der Waals surface area contributed by atoms with E-state index in [4.69, 9.17) is 14.2 Å². The number of para-hydroxylation sites is 2. The summed E-state index contributed by atoms with van der Waals surface area (Å²) in [6, 6.07) is 12.8. The molecule has 2 heterocycles. The van der Waals surface area contributed by atoms with Gasteiger partial charge in [-0.25, -0.2) is 4.98 Å². The molecular weight excluding hydrogens is 442 g/mol. The molecule has 1 unspecified atom stereocenters. The zero-order valence-corrected chi connectivity index (χ0v) is 19.5. The zero-order chi connectivity index (χ0) is 23.2. The summed E-state index contributed by atoms with van der Waals surface area (Å²) in [4.78, 5) is 30.4. The van der Waals surface area contributed by atoms with E-state index in [1.54, 1.807) is 30.9 Å². The Morgan fingerprint density at radius 3 is 2.82 bits per heavy atom. The zero-order valence-electron chi connectivity index (χ0n) is 18.7. The Bertz CT molecular complexity index is 1190. The number of aromatic nitrogens is 2. The minimum absolute atomic E-state index is 0.0145. The van der Waals surface area contributed by atoms with E-state index in [9.17, 15) is 9.59 Å². The van der Waals surface area contributed by atoms with Crippen LogP contribution in [0, 0.1) is 0 Å². The molecule has 1 N–H and O–H groups in total. The Morgan fingerprint density at radius 2 is 2.06 bits per heavy atom. The van der Waals surface area contributed by atoms with Gasteiger partial charge in [0, 0.05) is 18.7 Å².